The maximum absolute atomic E-state index is 12.0. The van der Waals surface area contributed by atoms with Crippen LogP contribution in [-0.4, -0.2) is 29.1 Å². The van der Waals surface area contributed by atoms with E-state index in [0.29, 0.717) is 17.8 Å². The van der Waals surface area contributed by atoms with Gasteiger partial charge in [-0.3, -0.25) is 4.79 Å². The lowest BCUT2D eigenvalue weighted by atomic mass is 10.1. The fraction of sp³-hybridized carbons (Fsp3) is 0.357. The monoisotopic (exact) mass is 261 g/mol. The Morgan fingerprint density at radius 3 is 2.95 bits per heavy atom. The van der Waals surface area contributed by atoms with E-state index in [1.54, 1.807) is 12.3 Å². The van der Waals surface area contributed by atoms with Crippen LogP contribution in [-0.2, 0) is 0 Å². The molecule has 1 aromatic heterocycles. The normalized spacial score (nSPS) is 10.8. The Morgan fingerprint density at radius 1 is 1.32 bits per heavy atom. The molecule has 0 unspecified atom stereocenters. The van der Waals surface area contributed by atoms with Gasteiger partial charge in [0.2, 0.25) is 0 Å². The molecule has 1 amide bonds. The minimum atomic E-state index is -0.0833. The third-order valence-electron chi connectivity index (χ3n) is 3.07. The fourth-order valence-corrected chi connectivity index (χ4v) is 2.04. The topological polar surface area (TPSA) is 91.1 Å². The number of fused-ring (bicyclic) bond motifs is 1. The first-order valence-corrected chi connectivity index (χ1v) is 6.48. The highest BCUT2D eigenvalue weighted by molar-refractivity contribution is 6.07. The number of nitrogens with one attached hydrogen (secondary N) is 2. The van der Waals surface area contributed by atoms with Crippen LogP contribution in [0, 0.1) is 0 Å². The van der Waals surface area contributed by atoms with Gasteiger partial charge in [-0.05, 0) is 37.5 Å². The predicted molar refractivity (Wildman–Crippen MR) is 76.0 cm³/mol. The molecule has 0 bridgehead atoms. The summed E-state index contributed by atoms with van der Waals surface area (Å²) in [5, 5.41) is 12.4. The Balaban J connectivity index is 1.97. The second-order valence-corrected chi connectivity index (χ2v) is 4.55. The van der Waals surface area contributed by atoms with Gasteiger partial charge in [-0.1, -0.05) is 0 Å². The Bertz CT molecular complexity index is 563. The zero-order chi connectivity index (χ0) is 13.7. The van der Waals surface area contributed by atoms with E-state index in [2.05, 4.69) is 10.3 Å². The molecule has 0 saturated carbocycles. The SMILES string of the molecule is Nc1ccc2c(C(=O)NCCCCCO)c[nH]c2c1. The Kier molecular flexibility index (Phi) is 4.41. The van der Waals surface area contributed by atoms with Crippen LogP contribution in [0.3, 0.4) is 0 Å². The number of unbranched alkanes of at least 4 members (excludes halogenated alkanes) is 2. The van der Waals surface area contributed by atoms with Gasteiger partial charge in [0.05, 0.1) is 5.56 Å². The van der Waals surface area contributed by atoms with Crippen LogP contribution in [0.15, 0.2) is 24.4 Å². The highest BCUT2D eigenvalue weighted by Gasteiger charge is 2.11. The second-order valence-electron chi connectivity index (χ2n) is 4.55. The molecular formula is C14H19N3O2. The van der Waals surface area contributed by atoms with E-state index >= 15 is 0 Å². The van der Waals surface area contributed by atoms with Crippen molar-refractivity contribution in [2.45, 2.75) is 19.3 Å². The smallest absolute Gasteiger partial charge is 0.253 e. The van der Waals surface area contributed by atoms with Crippen molar-refractivity contribution in [3.63, 3.8) is 0 Å². The van der Waals surface area contributed by atoms with E-state index in [1.165, 1.54) is 0 Å². The molecule has 0 fully saturated rings. The molecule has 0 aliphatic carbocycles. The number of nitrogens with two attached hydrogens (primary N) is 1. The van der Waals surface area contributed by atoms with Gasteiger partial charge in [-0.2, -0.15) is 0 Å². The van der Waals surface area contributed by atoms with Gasteiger partial charge in [0.1, 0.15) is 0 Å². The number of aromatic nitrogens is 1. The number of rotatable bonds is 6. The van der Waals surface area contributed by atoms with Gasteiger partial charge in [0, 0.05) is 35.9 Å². The fourth-order valence-electron chi connectivity index (χ4n) is 2.04. The van der Waals surface area contributed by atoms with E-state index < -0.39 is 0 Å². The Morgan fingerprint density at radius 2 is 2.16 bits per heavy atom. The van der Waals surface area contributed by atoms with Crippen molar-refractivity contribution in [2.24, 2.45) is 0 Å². The number of hydrogen-bond donors (Lipinski definition) is 4. The van der Waals surface area contributed by atoms with Crippen molar-refractivity contribution in [2.75, 3.05) is 18.9 Å². The molecule has 1 aromatic carbocycles. The zero-order valence-electron chi connectivity index (χ0n) is 10.8. The third kappa shape index (κ3) is 3.26. The largest absolute Gasteiger partial charge is 0.399 e. The summed E-state index contributed by atoms with van der Waals surface area (Å²) in [5.41, 5.74) is 7.87. The molecule has 0 atom stereocenters. The summed E-state index contributed by atoms with van der Waals surface area (Å²) < 4.78 is 0. The molecule has 5 heteroatoms. The lowest BCUT2D eigenvalue weighted by molar-refractivity contribution is 0.0954. The third-order valence-corrected chi connectivity index (χ3v) is 3.07. The summed E-state index contributed by atoms with van der Waals surface area (Å²) in [4.78, 5) is 15.1. The maximum Gasteiger partial charge on any atom is 0.253 e. The molecule has 2 aromatic rings. The molecule has 5 nitrogen and oxygen atoms in total. The van der Waals surface area contributed by atoms with E-state index in [9.17, 15) is 4.79 Å². The number of carbonyl (C=O) groups excluding carboxylic acids is 1. The van der Waals surface area contributed by atoms with Crippen LogP contribution in [0.1, 0.15) is 29.6 Å². The molecule has 19 heavy (non-hydrogen) atoms. The number of carbonyl (C=O) groups is 1. The van der Waals surface area contributed by atoms with Gasteiger partial charge < -0.3 is 21.1 Å². The van der Waals surface area contributed by atoms with Crippen molar-refractivity contribution in [1.82, 2.24) is 10.3 Å². The number of nitrogen functional groups attached to an aromatic ring is 1. The highest BCUT2D eigenvalue weighted by Crippen LogP contribution is 2.20. The van der Waals surface area contributed by atoms with Crippen molar-refractivity contribution >= 4 is 22.5 Å². The molecule has 0 saturated heterocycles. The minimum Gasteiger partial charge on any atom is -0.399 e. The van der Waals surface area contributed by atoms with E-state index in [-0.39, 0.29) is 12.5 Å². The first kappa shape index (κ1) is 13.4. The second kappa shape index (κ2) is 6.24. The number of anilines is 1. The van der Waals surface area contributed by atoms with Crippen LogP contribution in [0.4, 0.5) is 5.69 Å². The standard InChI is InChI=1S/C14H19N3O2/c15-10-4-5-11-12(9-17-13(11)8-10)14(19)16-6-2-1-3-7-18/h4-5,8-9,17-18H,1-3,6-7,15H2,(H,16,19). The van der Waals surface area contributed by atoms with Crippen LogP contribution in [0.2, 0.25) is 0 Å². The molecule has 2 rings (SSSR count). The molecule has 0 radical (unpaired) electrons. The lowest BCUT2D eigenvalue weighted by Gasteiger charge is -2.04. The molecular weight excluding hydrogens is 242 g/mol. The number of amides is 1. The summed E-state index contributed by atoms with van der Waals surface area (Å²) >= 11 is 0. The summed E-state index contributed by atoms with van der Waals surface area (Å²) in [6.45, 7) is 0.832. The molecule has 1 heterocycles. The van der Waals surface area contributed by atoms with Crippen molar-refractivity contribution < 1.29 is 9.90 Å². The van der Waals surface area contributed by atoms with Crippen LogP contribution in [0.5, 0.6) is 0 Å². The Labute approximate surface area is 111 Å². The Hall–Kier alpha value is -2.01. The maximum atomic E-state index is 12.0. The first-order valence-electron chi connectivity index (χ1n) is 6.48. The molecule has 0 spiro atoms. The summed E-state index contributed by atoms with van der Waals surface area (Å²) in [7, 11) is 0. The average Bonchev–Trinajstić information content (AvgIpc) is 2.81. The molecule has 0 aliphatic rings. The van der Waals surface area contributed by atoms with E-state index in [4.69, 9.17) is 10.8 Å². The van der Waals surface area contributed by atoms with E-state index in [0.717, 1.165) is 30.2 Å². The van der Waals surface area contributed by atoms with Gasteiger partial charge >= 0.3 is 0 Å². The van der Waals surface area contributed by atoms with Crippen molar-refractivity contribution in [3.8, 4) is 0 Å². The number of aliphatic hydroxyl groups is 1. The zero-order valence-corrected chi connectivity index (χ0v) is 10.8. The van der Waals surface area contributed by atoms with Gasteiger partial charge in [0.25, 0.3) is 5.91 Å². The van der Waals surface area contributed by atoms with Crippen LogP contribution >= 0.6 is 0 Å². The summed E-state index contributed by atoms with van der Waals surface area (Å²) in [5.74, 6) is -0.0833. The van der Waals surface area contributed by atoms with Crippen LogP contribution < -0.4 is 11.1 Å². The van der Waals surface area contributed by atoms with Crippen molar-refractivity contribution in [3.05, 3.63) is 30.0 Å². The van der Waals surface area contributed by atoms with E-state index in [1.807, 2.05) is 12.1 Å². The number of aromatic amines is 1. The molecule has 5 N–H and O–H groups in total. The first-order chi connectivity index (χ1) is 9.22. The predicted octanol–water partition coefficient (Wildman–Crippen LogP) is 1.64. The minimum absolute atomic E-state index is 0.0833. The molecule has 0 aliphatic heterocycles. The van der Waals surface area contributed by atoms with Crippen molar-refractivity contribution in [1.29, 1.82) is 0 Å². The quantitative estimate of drug-likeness (QED) is 0.470. The number of hydrogen-bond acceptors (Lipinski definition) is 3. The lowest BCUT2D eigenvalue weighted by Crippen LogP contribution is -2.24. The van der Waals surface area contributed by atoms with Gasteiger partial charge in [0.15, 0.2) is 0 Å². The number of aliphatic hydroxyl groups excluding tert-OH is 1. The van der Waals surface area contributed by atoms with Gasteiger partial charge in [-0.25, -0.2) is 0 Å². The summed E-state index contributed by atoms with van der Waals surface area (Å²) in [6.07, 6.45) is 4.28. The number of H-pyrrole nitrogens is 1. The van der Waals surface area contributed by atoms with Crippen LogP contribution in [0.25, 0.3) is 10.9 Å². The number of benzene rings is 1. The molecule has 102 valence electrons. The van der Waals surface area contributed by atoms with Gasteiger partial charge in [-0.15, -0.1) is 0 Å². The average molecular weight is 261 g/mol. The highest BCUT2D eigenvalue weighted by atomic mass is 16.2. The summed E-state index contributed by atoms with van der Waals surface area (Å²) in [6, 6.07) is 5.45.